The molecule has 24 heavy (non-hydrogen) atoms. The van der Waals surface area contributed by atoms with E-state index in [1.165, 1.54) is 10.4 Å². The van der Waals surface area contributed by atoms with Crippen molar-refractivity contribution in [2.24, 2.45) is 0 Å². The first-order valence-corrected chi connectivity index (χ1v) is 9.33. The largest absolute Gasteiger partial charge is 0.454 e. The van der Waals surface area contributed by atoms with Crippen molar-refractivity contribution >= 4 is 27.5 Å². The van der Waals surface area contributed by atoms with Crippen molar-refractivity contribution in [3.63, 3.8) is 0 Å². The van der Waals surface area contributed by atoms with E-state index >= 15 is 0 Å². The number of ketones is 1. The fraction of sp³-hybridized carbons (Fsp3) is 0.412. The van der Waals surface area contributed by atoms with Crippen molar-refractivity contribution in [3.05, 3.63) is 41.0 Å². The minimum absolute atomic E-state index is 0.0352. The van der Waals surface area contributed by atoms with Crippen LogP contribution >= 0.6 is 0 Å². The molecule has 0 aliphatic carbocycles. The van der Waals surface area contributed by atoms with Crippen LogP contribution in [-0.4, -0.2) is 39.1 Å². The number of carbonyl (C=O) groups excluding carboxylic acids is 2. The Hall–Kier alpha value is -2.15. The van der Waals surface area contributed by atoms with Crippen LogP contribution < -0.4 is 4.31 Å². The molecule has 1 heterocycles. The maximum Gasteiger partial charge on any atom is 0.331 e. The normalized spacial score (nSPS) is 13.4. The summed E-state index contributed by atoms with van der Waals surface area (Å²) >= 11 is 0. The van der Waals surface area contributed by atoms with Crippen molar-refractivity contribution in [2.75, 3.05) is 23.2 Å². The summed E-state index contributed by atoms with van der Waals surface area (Å²) in [7, 11) is -3.30. The van der Waals surface area contributed by atoms with Gasteiger partial charge in [-0.2, -0.15) is 0 Å². The Kier molecular flexibility index (Phi) is 5.43. The fourth-order valence-corrected chi connectivity index (χ4v) is 3.65. The summed E-state index contributed by atoms with van der Waals surface area (Å²) < 4.78 is 30.4. The van der Waals surface area contributed by atoms with Gasteiger partial charge in [0.05, 0.1) is 11.4 Å². The molecular weight excluding hydrogens is 330 g/mol. The molecule has 0 atom stereocenters. The summed E-state index contributed by atoms with van der Waals surface area (Å²) in [6.07, 6.45) is 1.89. The summed E-state index contributed by atoms with van der Waals surface area (Å²) in [5.74, 6) is -0.831. The van der Waals surface area contributed by atoms with Crippen LogP contribution in [-0.2, 0) is 26.0 Å². The van der Waals surface area contributed by atoms with Gasteiger partial charge in [0.1, 0.15) is 0 Å². The molecule has 0 aromatic heterocycles. The molecule has 0 fully saturated rings. The highest BCUT2D eigenvalue weighted by atomic mass is 32.2. The minimum atomic E-state index is -3.30. The Balaban J connectivity index is 2.11. The summed E-state index contributed by atoms with van der Waals surface area (Å²) in [4.78, 5) is 23.6. The van der Waals surface area contributed by atoms with Crippen LogP contribution in [0, 0.1) is 0 Å². The van der Waals surface area contributed by atoms with E-state index in [-0.39, 0.29) is 18.1 Å². The van der Waals surface area contributed by atoms with Gasteiger partial charge in [-0.3, -0.25) is 9.10 Å². The molecular formula is C17H21NO5S. The average molecular weight is 351 g/mol. The van der Waals surface area contributed by atoms with E-state index in [2.05, 4.69) is 0 Å². The molecule has 0 radical (unpaired) electrons. The number of fused-ring (bicyclic) bond motifs is 1. The van der Waals surface area contributed by atoms with Gasteiger partial charge in [-0.15, -0.1) is 0 Å². The second-order valence-corrected chi connectivity index (χ2v) is 8.00. The first-order chi connectivity index (χ1) is 11.2. The zero-order valence-corrected chi connectivity index (χ0v) is 14.9. The maximum absolute atomic E-state index is 12.1. The summed E-state index contributed by atoms with van der Waals surface area (Å²) in [5, 5.41) is 0. The van der Waals surface area contributed by atoms with E-state index in [1.54, 1.807) is 39.0 Å². The maximum atomic E-state index is 12.1. The molecule has 0 spiro atoms. The number of nitrogens with zero attached hydrogens (tertiary/aromatic N) is 1. The van der Waals surface area contributed by atoms with Gasteiger partial charge in [0, 0.05) is 18.2 Å². The van der Waals surface area contributed by atoms with Crippen LogP contribution in [0.3, 0.4) is 0 Å². The fourth-order valence-electron chi connectivity index (χ4n) is 2.49. The zero-order valence-electron chi connectivity index (χ0n) is 14.0. The third-order valence-electron chi connectivity index (χ3n) is 3.71. The van der Waals surface area contributed by atoms with Gasteiger partial charge in [-0.05, 0) is 51.0 Å². The molecule has 2 rings (SSSR count). The second kappa shape index (κ2) is 7.17. The molecule has 6 nitrogen and oxygen atoms in total. The van der Waals surface area contributed by atoms with Gasteiger partial charge < -0.3 is 4.74 Å². The van der Waals surface area contributed by atoms with Crippen molar-refractivity contribution in [2.45, 2.75) is 27.2 Å². The predicted octanol–water partition coefficient (Wildman–Crippen LogP) is 2.09. The number of carbonyl (C=O) groups is 2. The Bertz CT molecular complexity index is 791. The highest BCUT2D eigenvalue weighted by Crippen LogP contribution is 2.31. The van der Waals surface area contributed by atoms with Gasteiger partial charge in [0.15, 0.2) is 12.4 Å². The minimum Gasteiger partial charge on any atom is -0.454 e. The molecule has 0 saturated heterocycles. The Morgan fingerprint density at radius 1 is 1.29 bits per heavy atom. The van der Waals surface area contributed by atoms with Gasteiger partial charge in [-0.1, -0.05) is 5.57 Å². The molecule has 0 N–H and O–H groups in total. The Labute approximate surface area is 142 Å². The predicted molar refractivity (Wildman–Crippen MR) is 91.7 cm³/mol. The van der Waals surface area contributed by atoms with E-state index in [4.69, 9.17) is 4.74 Å². The van der Waals surface area contributed by atoms with E-state index in [9.17, 15) is 18.0 Å². The molecule has 1 aliphatic heterocycles. The number of rotatable bonds is 6. The Morgan fingerprint density at radius 2 is 2.00 bits per heavy atom. The van der Waals surface area contributed by atoms with Gasteiger partial charge in [0.25, 0.3) is 0 Å². The molecule has 1 aliphatic rings. The van der Waals surface area contributed by atoms with Crippen LogP contribution in [0.15, 0.2) is 29.8 Å². The highest BCUT2D eigenvalue weighted by molar-refractivity contribution is 7.92. The van der Waals surface area contributed by atoms with Gasteiger partial charge >= 0.3 is 5.97 Å². The number of sulfonamides is 1. The van der Waals surface area contributed by atoms with Crippen molar-refractivity contribution in [1.29, 1.82) is 0 Å². The summed E-state index contributed by atoms with van der Waals surface area (Å²) in [5.41, 5.74) is 2.64. The third kappa shape index (κ3) is 4.03. The first-order valence-electron chi connectivity index (χ1n) is 7.73. The van der Waals surface area contributed by atoms with Gasteiger partial charge in [-0.25, -0.2) is 13.2 Å². The smallest absolute Gasteiger partial charge is 0.331 e. The van der Waals surface area contributed by atoms with Crippen LogP contribution in [0.2, 0.25) is 0 Å². The molecule has 1 aromatic carbocycles. The average Bonchev–Trinajstić information content (AvgIpc) is 2.95. The number of esters is 1. The first kappa shape index (κ1) is 18.2. The van der Waals surface area contributed by atoms with E-state index in [0.29, 0.717) is 24.2 Å². The van der Waals surface area contributed by atoms with E-state index in [0.717, 1.165) is 11.1 Å². The van der Waals surface area contributed by atoms with Crippen LogP contribution in [0.5, 0.6) is 0 Å². The third-order valence-corrected chi connectivity index (χ3v) is 5.49. The molecule has 0 bridgehead atoms. The van der Waals surface area contributed by atoms with Crippen LogP contribution in [0.25, 0.3) is 0 Å². The van der Waals surface area contributed by atoms with E-state index in [1.807, 2.05) is 0 Å². The number of allylic oxidation sites excluding steroid dienone is 1. The quantitative estimate of drug-likeness (QED) is 0.445. The lowest BCUT2D eigenvalue weighted by atomic mass is 10.1. The zero-order chi connectivity index (χ0) is 17.9. The van der Waals surface area contributed by atoms with Crippen LogP contribution in [0.1, 0.15) is 36.7 Å². The highest BCUT2D eigenvalue weighted by Gasteiger charge is 2.28. The molecule has 130 valence electrons. The lowest BCUT2D eigenvalue weighted by Crippen LogP contribution is -2.30. The monoisotopic (exact) mass is 351 g/mol. The molecule has 0 unspecified atom stereocenters. The van der Waals surface area contributed by atoms with Crippen LogP contribution in [0.4, 0.5) is 5.69 Å². The number of anilines is 1. The van der Waals surface area contributed by atoms with Crippen molar-refractivity contribution in [1.82, 2.24) is 0 Å². The second-order valence-electron chi connectivity index (χ2n) is 5.82. The number of Topliss-reactive ketones (excluding diaryl/α,β-unsaturated/α-hetero) is 1. The lowest BCUT2D eigenvalue weighted by Gasteiger charge is -2.18. The molecule has 1 aromatic rings. The Morgan fingerprint density at radius 3 is 2.62 bits per heavy atom. The molecule has 0 amide bonds. The van der Waals surface area contributed by atoms with E-state index < -0.39 is 16.0 Å². The summed E-state index contributed by atoms with van der Waals surface area (Å²) in [6.45, 7) is 5.18. The molecule has 7 heteroatoms. The number of ether oxygens (including phenoxy) is 1. The van der Waals surface area contributed by atoms with Crippen molar-refractivity contribution < 1.29 is 22.7 Å². The number of hydrogen-bond acceptors (Lipinski definition) is 5. The summed E-state index contributed by atoms with van der Waals surface area (Å²) in [6, 6.07) is 4.89. The standard InChI is InChI=1S/C17H21NO5S/c1-4-24(21,22)18-8-7-13-10-14(5-6-15(13)18)16(19)11-23-17(20)9-12(2)3/h5-6,9-10H,4,7-8,11H2,1-3H3. The molecule has 0 saturated carbocycles. The number of benzene rings is 1. The van der Waals surface area contributed by atoms with Crippen molar-refractivity contribution in [3.8, 4) is 0 Å². The SMILES string of the molecule is CCS(=O)(=O)N1CCc2cc(C(=O)COC(=O)C=C(C)C)ccc21. The number of hydrogen-bond donors (Lipinski definition) is 0. The lowest BCUT2D eigenvalue weighted by molar-refractivity contribution is -0.136. The van der Waals surface area contributed by atoms with Gasteiger partial charge in [0.2, 0.25) is 10.0 Å². The topological polar surface area (TPSA) is 80.8 Å².